The molecule has 1 heterocycles. The van der Waals surface area contributed by atoms with E-state index in [1.54, 1.807) is 0 Å². The van der Waals surface area contributed by atoms with Gasteiger partial charge in [-0.15, -0.1) is 0 Å². The molecule has 0 amide bonds. The van der Waals surface area contributed by atoms with Crippen LogP contribution in [0.25, 0.3) is 0 Å². The number of carboxylic acids is 1. The number of hydrogen-bond donors (Lipinski definition) is 2. The van der Waals surface area contributed by atoms with E-state index in [1.165, 1.54) is 12.3 Å². The summed E-state index contributed by atoms with van der Waals surface area (Å²) >= 11 is 3.42. The van der Waals surface area contributed by atoms with Crippen LogP contribution in [0.4, 0.5) is 5.69 Å². The molecule has 0 aliphatic heterocycles. The molecule has 0 saturated heterocycles. The molecule has 0 fully saturated rings. The third-order valence-corrected chi connectivity index (χ3v) is 2.87. The van der Waals surface area contributed by atoms with Crippen LogP contribution in [0.5, 0.6) is 0 Å². The molecule has 18 heavy (non-hydrogen) atoms. The van der Waals surface area contributed by atoms with Gasteiger partial charge in [0.25, 0.3) is 0 Å². The second-order valence-corrected chi connectivity index (χ2v) is 4.89. The van der Waals surface area contributed by atoms with E-state index in [9.17, 15) is 4.79 Å². The molecule has 0 saturated carbocycles. The van der Waals surface area contributed by atoms with E-state index in [-0.39, 0.29) is 5.56 Å². The monoisotopic (exact) mass is 309 g/mol. The van der Waals surface area contributed by atoms with Crippen LogP contribution in [-0.2, 0) is 6.54 Å². The van der Waals surface area contributed by atoms with Crippen molar-refractivity contribution in [3.05, 3.63) is 51.9 Å². The first-order chi connectivity index (χ1) is 8.54. The Labute approximate surface area is 113 Å². The molecule has 4 nitrogen and oxygen atoms in total. The Morgan fingerprint density at radius 2 is 2.17 bits per heavy atom. The molecule has 0 radical (unpaired) electrons. The lowest BCUT2D eigenvalue weighted by Gasteiger charge is -2.06. The Kier molecular flexibility index (Phi) is 3.72. The van der Waals surface area contributed by atoms with Gasteiger partial charge in [-0.3, -0.25) is 0 Å². The molecule has 94 valence electrons. The number of furan rings is 1. The van der Waals surface area contributed by atoms with Crippen LogP contribution >= 0.6 is 15.9 Å². The predicted molar refractivity (Wildman–Crippen MR) is 71.9 cm³/mol. The molecule has 2 aromatic rings. The van der Waals surface area contributed by atoms with Gasteiger partial charge in [0.15, 0.2) is 0 Å². The number of hydrogen-bond acceptors (Lipinski definition) is 3. The molecule has 0 aliphatic rings. The minimum atomic E-state index is -0.983. The fourth-order valence-corrected chi connectivity index (χ4v) is 2.22. The van der Waals surface area contributed by atoms with Crippen LogP contribution in [0.3, 0.4) is 0 Å². The van der Waals surface area contributed by atoms with E-state index < -0.39 is 5.97 Å². The van der Waals surface area contributed by atoms with E-state index in [4.69, 9.17) is 9.52 Å². The normalized spacial score (nSPS) is 10.3. The number of aromatic carboxylic acids is 1. The number of aryl methyl sites for hydroxylation is 1. The van der Waals surface area contributed by atoms with Gasteiger partial charge in [0, 0.05) is 10.2 Å². The molecule has 0 spiro atoms. The summed E-state index contributed by atoms with van der Waals surface area (Å²) in [5.74, 6) is -0.395. The van der Waals surface area contributed by atoms with Crippen molar-refractivity contribution < 1.29 is 14.3 Å². The first kappa shape index (κ1) is 12.7. The summed E-state index contributed by atoms with van der Waals surface area (Å²) in [4.78, 5) is 10.7. The lowest BCUT2D eigenvalue weighted by atomic mass is 10.2. The summed E-state index contributed by atoms with van der Waals surface area (Å²) in [6, 6.07) is 7.49. The molecule has 0 aliphatic carbocycles. The molecule has 0 unspecified atom stereocenters. The van der Waals surface area contributed by atoms with Crippen molar-refractivity contribution in [1.29, 1.82) is 0 Å². The summed E-state index contributed by atoms with van der Waals surface area (Å²) in [6.07, 6.45) is 1.24. The summed E-state index contributed by atoms with van der Waals surface area (Å²) in [5, 5.41) is 11.9. The zero-order chi connectivity index (χ0) is 13.1. The number of nitrogens with one attached hydrogen (secondary N) is 1. The highest BCUT2D eigenvalue weighted by molar-refractivity contribution is 9.10. The predicted octanol–water partition coefficient (Wildman–Crippen LogP) is 3.66. The highest BCUT2D eigenvalue weighted by Crippen LogP contribution is 2.20. The van der Waals surface area contributed by atoms with Gasteiger partial charge in [0.1, 0.15) is 12.0 Å². The number of carboxylic acid groups (broad SMARTS) is 1. The standard InChI is InChI=1S/C13H12BrNO3/c1-8-2-10(14)5-11(3-8)15-6-12-4-9(7-18-12)13(16)17/h2-5,7,15H,6H2,1H3,(H,16,17). The minimum absolute atomic E-state index is 0.164. The van der Waals surface area contributed by atoms with Crippen molar-refractivity contribution in [2.75, 3.05) is 5.32 Å². The highest BCUT2D eigenvalue weighted by Gasteiger charge is 2.07. The van der Waals surface area contributed by atoms with E-state index >= 15 is 0 Å². The second-order valence-electron chi connectivity index (χ2n) is 3.98. The third kappa shape index (κ3) is 3.13. The Hall–Kier alpha value is -1.75. The maximum atomic E-state index is 10.7. The quantitative estimate of drug-likeness (QED) is 0.904. The van der Waals surface area contributed by atoms with Crippen molar-refractivity contribution >= 4 is 27.6 Å². The molecule has 0 atom stereocenters. The fraction of sp³-hybridized carbons (Fsp3) is 0.154. The minimum Gasteiger partial charge on any atom is -0.478 e. The summed E-state index contributed by atoms with van der Waals surface area (Å²) < 4.78 is 6.15. The van der Waals surface area contributed by atoms with Crippen LogP contribution in [0.2, 0.25) is 0 Å². The molecule has 0 bridgehead atoms. The highest BCUT2D eigenvalue weighted by atomic mass is 79.9. The molecular weight excluding hydrogens is 298 g/mol. The van der Waals surface area contributed by atoms with Gasteiger partial charge in [-0.1, -0.05) is 15.9 Å². The Bertz CT molecular complexity index is 557. The average molecular weight is 310 g/mol. The molecule has 1 aromatic heterocycles. The fourth-order valence-electron chi connectivity index (χ4n) is 1.61. The second kappa shape index (κ2) is 5.27. The number of anilines is 1. The Morgan fingerprint density at radius 3 is 2.78 bits per heavy atom. The maximum Gasteiger partial charge on any atom is 0.338 e. The van der Waals surface area contributed by atoms with Crippen LogP contribution in [0.1, 0.15) is 21.7 Å². The van der Waals surface area contributed by atoms with Crippen LogP contribution in [0.15, 0.2) is 39.4 Å². The maximum absolute atomic E-state index is 10.7. The number of carbonyl (C=O) groups is 1. The summed E-state index contributed by atoms with van der Waals surface area (Å²) in [7, 11) is 0. The SMILES string of the molecule is Cc1cc(Br)cc(NCc2cc(C(=O)O)co2)c1. The van der Waals surface area contributed by atoms with Gasteiger partial charge < -0.3 is 14.8 Å². The van der Waals surface area contributed by atoms with Gasteiger partial charge in [-0.05, 0) is 36.8 Å². The molecule has 2 rings (SSSR count). The Morgan fingerprint density at radius 1 is 1.39 bits per heavy atom. The van der Waals surface area contributed by atoms with Crippen molar-refractivity contribution in [2.24, 2.45) is 0 Å². The summed E-state index contributed by atoms with van der Waals surface area (Å²) in [5.41, 5.74) is 2.25. The number of rotatable bonds is 4. The van der Waals surface area contributed by atoms with Crippen molar-refractivity contribution in [3.63, 3.8) is 0 Å². The van der Waals surface area contributed by atoms with Gasteiger partial charge in [0.05, 0.1) is 12.1 Å². The largest absolute Gasteiger partial charge is 0.478 e. The molecule has 1 aromatic carbocycles. The van der Waals surface area contributed by atoms with Gasteiger partial charge in [0.2, 0.25) is 0 Å². The van der Waals surface area contributed by atoms with Crippen LogP contribution in [-0.4, -0.2) is 11.1 Å². The topological polar surface area (TPSA) is 62.5 Å². The van der Waals surface area contributed by atoms with E-state index in [1.807, 2.05) is 25.1 Å². The van der Waals surface area contributed by atoms with Gasteiger partial charge in [-0.2, -0.15) is 0 Å². The van der Waals surface area contributed by atoms with E-state index in [2.05, 4.69) is 21.2 Å². The summed E-state index contributed by atoms with van der Waals surface area (Å²) in [6.45, 7) is 2.45. The molecular formula is C13H12BrNO3. The van der Waals surface area contributed by atoms with Crippen molar-refractivity contribution in [2.45, 2.75) is 13.5 Å². The smallest absolute Gasteiger partial charge is 0.338 e. The van der Waals surface area contributed by atoms with Gasteiger partial charge >= 0.3 is 5.97 Å². The van der Waals surface area contributed by atoms with Crippen molar-refractivity contribution in [3.8, 4) is 0 Å². The zero-order valence-electron chi connectivity index (χ0n) is 9.74. The average Bonchev–Trinajstić information content (AvgIpc) is 2.73. The van der Waals surface area contributed by atoms with E-state index in [0.29, 0.717) is 12.3 Å². The Balaban J connectivity index is 2.04. The lowest BCUT2D eigenvalue weighted by Crippen LogP contribution is -1.99. The first-order valence-electron chi connectivity index (χ1n) is 5.36. The van der Waals surface area contributed by atoms with Crippen LogP contribution in [0, 0.1) is 6.92 Å². The van der Waals surface area contributed by atoms with Crippen LogP contribution < -0.4 is 5.32 Å². The number of halogens is 1. The molecule has 5 heteroatoms. The van der Waals surface area contributed by atoms with E-state index in [0.717, 1.165) is 15.7 Å². The third-order valence-electron chi connectivity index (χ3n) is 2.41. The lowest BCUT2D eigenvalue weighted by molar-refractivity contribution is 0.0696. The van der Waals surface area contributed by atoms with Crippen molar-refractivity contribution in [1.82, 2.24) is 0 Å². The first-order valence-corrected chi connectivity index (χ1v) is 6.15. The zero-order valence-corrected chi connectivity index (χ0v) is 11.3. The van der Waals surface area contributed by atoms with Gasteiger partial charge in [-0.25, -0.2) is 4.79 Å². The molecule has 2 N–H and O–H groups in total. The number of benzene rings is 1.